The molecule has 0 amide bonds. The van der Waals surface area contributed by atoms with Crippen molar-refractivity contribution in [3.8, 4) is 16.3 Å². The van der Waals surface area contributed by atoms with Gasteiger partial charge >= 0.3 is 0 Å². The van der Waals surface area contributed by atoms with Crippen LogP contribution in [0.5, 0.6) is 5.75 Å². The predicted molar refractivity (Wildman–Crippen MR) is 93.0 cm³/mol. The van der Waals surface area contributed by atoms with Crippen molar-refractivity contribution < 1.29 is 9.47 Å². The molecule has 3 rings (SSSR count). The number of hydrogen-bond acceptors (Lipinski definition) is 6. The van der Waals surface area contributed by atoms with Gasteiger partial charge in [-0.15, -0.1) is 11.3 Å². The molecule has 6 heteroatoms. The van der Waals surface area contributed by atoms with Crippen LogP contribution in [0.3, 0.4) is 0 Å². The van der Waals surface area contributed by atoms with E-state index in [9.17, 15) is 0 Å². The number of methoxy groups -OCH3 is 1. The van der Waals surface area contributed by atoms with Gasteiger partial charge in [0.1, 0.15) is 10.8 Å². The number of benzene rings is 1. The zero-order valence-corrected chi connectivity index (χ0v) is 14.4. The van der Waals surface area contributed by atoms with Crippen LogP contribution in [0, 0.1) is 0 Å². The van der Waals surface area contributed by atoms with E-state index >= 15 is 0 Å². The molecule has 2 heterocycles. The van der Waals surface area contributed by atoms with Crippen molar-refractivity contribution in [2.75, 3.05) is 40.4 Å². The molecule has 0 saturated carbocycles. The van der Waals surface area contributed by atoms with Gasteiger partial charge in [0.25, 0.3) is 0 Å². The Morgan fingerprint density at radius 2 is 2.22 bits per heavy atom. The van der Waals surface area contributed by atoms with E-state index in [2.05, 4.69) is 22.6 Å². The highest BCUT2D eigenvalue weighted by Crippen LogP contribution is 2.25. The minimum absolute atomic E-state index is 0.272. The number of thiazole rings is 1. The summed E-state index contributed by atoms with van der Waals surface area (Å²) >= 11 is 1.67. The zero-order chi connectivity index (χ0) is 16.1. The molecule has 1 fully saturated rings. The molecule has 1 unspecified atom stereocenters. The lowest BCUT2D eigenvalue weighted by molar-refractivity contribution is -0.0182. The third-order valence-corrected chi connectivity index (χ3v) is 4.85. The third kappa shape index (κ3) is 4.51. The van der Waals surface area contributed by atoms with E-state index in [1.54, 1.807) is 18.4 Å². The molecular weight excluding hydrogens is 310 g/mol. The fourth-order valence-corrected chi connectivity index (χ4v) is 3.43. The lowest BCUT2D eigenvalue weighted by atomic mass is 10.2. The number of hydrogen-bond donors (Lipinski definition) is 1. The van der Waals surface area contributed by atoms with E-state index in [0.717, 1.165) is 54.8 Å². The molecule has 124 valence electrons. The van der Waals surface area contributed by atoms with Crippen LogP contribution in [0.1, 0.15) is 5.69 Å². The van der Waals surface area contributed by atoms with Crippen molar-refractivity contribution >= 4 is 11.3 Å². The second-order valence-electron chi connectivity index (χ2n) is 5.76. The van der Waals surface area contributed by atoms with Crippen LogP contribution in [-0.2, 0) is 11.3 Å². The first-order chi connectivity index (χ1) is 11.2. The minimum atomic E-state index is 0.272. The van der Waals surface area contributed by atoms with Crippen LogP contribution in [0.2, 0.25) is 0 Å². The normalized spacial score (nSPS) is 19.0. The SMILES string of the molecule is COc1ccc(-c2nc(CNCC3CN(C)CCO3)cs2)cc1. The summed E-state index contributed by atoms with van der Waals surface area (Å²) in [6, 6.07) is 8.01. The Balaban J connectivity index is 1.50. The fourth-order valence-electron chi connectivity index (χ4n) is 2.61. The molecule has 1 N–H and O–H groups in total. The quantitative estimate of drug-likeness (QED) is 0.878. The Morgan fingerprint density at radius 1 is 1.39 bits per heavy atom. The molecule has 1 aromatic carbocycles. The van der Waals surface area contributed by atoms with E-state index in [0.29, 0.717) is 0 Å². The smallest absolute Gasteiger partial charge is 0.123 e. The molecule has 1 saturated heterocycles. The first-order valence-corrected chi connectivity index (χ1v) is 8.72. The molecule has 0 aliphatic carbocycles. The van der Waals surface area contributed by atoms with Gasteiger partial charge in [-0.3, -0.25) is 0 Å². The van der Waals surface area contributed by atoms with E-state index in [1.807, 2.05) is 24.3 Å². The molecule has 0 spiro atoms. The van der Waals surface area contributed by atoms with Crippen molar-refractivity contribution in [1.82, 2.24) is 15.2 Å². The van der Waals surface area contributed by atoms with Crippen LogP contribution in [-0.4, -0.2) is 56.4 Å². The summed E-state index contributed by atoms with van der Waals surface area (Å²) in [4.78, 5) is 7.00. The van der Waals surface area contributed by atoms with Gasteiger partial charge in [-0.25, -0.2) is 4.98 Å². The maximum atomic E-state index is 5.75. The van der Waals surface area contributed by atoms with E-state index in [-0.39, 0.29) is 6.10 Å². The monoisotopic (exact) mass is 333 g/mol. The van der Waals surface area contributed by atoms with Crippen molar-refractivity contribution in [3.63, 3.8) is 0 Å². The molecule has 0 bridgehead atoms. The Kier molecular flexibility index (Phi) is 5.61. The van der Waals surface area contributed by atoms with Gasteiger partial charge in [-0.05, 0) is 31.3 Å². The molecule has 0 radical (unpaired) electrons. The molecular formula is C17H23N3O2S. The molecule has 23 heavy (non-hydrogen) atoms. The van der Waals surface area contributed by atoms with Crippen molar-refractivity contribution in [3.05, 3.63) is 35.3 Å². The summed E-state index contributed by atoms with van der Waals surface area (Å²) in [6.07, 6.45) is 0.272. The Labute approximate surface area is 141 Å². The summed E-state index contributed by atoms with van der Waals surface area (Å²) in [5.41, 5.74) is 2.20. The lowest BCUT2D eigenvalue weighted by Gasteiger charge is -2.30. The molecule has 1 aliphatic rings. The van der Waals surface area contributed by atoms with Crippen molar-refractivity contribution in [2.45, 2.75) is 12.6 Å². The van der Waals surface area contributed by atoms with E-state index in [4.69, 9.17) is 14.5 Å². The third-order valence-electron chi connectivity index (χ3n) is 3.91. The van der Waals surface area contributed by atoms with Crippen LogP contribution >= 0.6 is 11.3 Å². The van der Waals surface area contributed by atoms with Crippen LogP contribution in [0.15, 0.2) is 29.6 Å². The zero-order valence-electron chi connectivity index (χ0n) is 13.6. The molecule has 5 nitrogen and oxygen atoms in total. The molecule has 1 aromatic heterocycles. The standard InChI is InChI=1S/C17H23N3O2S/c1-20-7-8-22-16(11-20)10-18-9-14-12-23-17(19-14)13-3-5-15(21-2)6-4-13/h3-6,12,16,18H,7-11H2,1-2H3. The number of morpholine rings is 1. The highest BCUT2D eigenvalue weighted by molar-refractivity contribution is 7.13. The van der Waals surface area contributed by atoms with Crippen LogP contribution in [0.25, 0.3) is 10.6 Å². The van der Waals surface area contributed by atoms with Gasteiger partial charge < -0.3 is 19.7 Å². The van der Waals surface area contributed by atoms with Gasteiger partial charge in [0.15, 0.2) is 0 Å². The second kappa shape index (κ2) is 7.88. The van der Waals surface area contributed by atoms with Gasteiger partial charge in [-0.1, -0.05) is 0 Å². The topological polar surface area (TPSA) is 46.6 Å². The number of ether oxygens (including phenoxy) is 2. The molecule has 1 aliphatic heterocycles. The van der Waals surface area contributed by atoms with E-state index in [1.165, 1.54) is 0 Å². The summed E-state index contributed by atoms with van der Waals surface area (Å²) < 4.78 is 10.9. The Hall–Kier alpha value is -1.47. The van der Waals surface area contributed by atoms with Crippen molar-refractivity contribution in [1.29, 1.82) is 0 Å². The predicted octanol–water partition coefficient (Wildman–Crippen LogP) is 2.24. The largest absolute Gasteiger partial charge is 0.497 e. The number of aromatic nitrogens is 1. The number of nitrogens with zero attached hydrogens (tertiary/aromatic N) is 2. The summed E-state index contributed by atoms with van der Waals surface area (Å²) in [6.45, 7) is 4.46. The van der Waals surface area contributed by atoms with Crippen LogP contribution < -0.4 is 10.1 Å². The lowest BCUT2D eigenvalue weighted by Crippen LogP contribution is -2.44. The first-order valence-electron chi connectivity index (χ1n) is 7.84. The number of likely N-dealkylation sites (N-methyl/N-ethyl adjacent to an activating group) is 1. The maximum Gasteiger partial charge on any atom is 0.123 e. The Morgan fingerprint density at radius 3 is 2.96 bits per heavy atom. The Bertz CT molecular complexity index is 615. The second-order valence-corrected chi connectivity index (χ2v) is 6.62. The number of nitrogens with one attached hydrogen (secondary N) is 1. The first kappa shape index (κ1) is 16.4. The average molecular weight is 333 g/mol. The minimum Gasteiger partial charge on any atom is -0.497 e. The maximum absolute atomic E-state index is 5.75. The van der Waals surface area contributed by atoms with Gasteiger partial charge in [-0.2, -0.15) is 0 Å². The average Bonchev–Trinajstić information content (AvgIpc) is 3.04. The number of rotatable bonds is 6. The van der Waals surface area contributed by atoms with Gasteiger partial charge in [0.2, 0.25) is 0 Å². The van der Waals surface area contributed by atoms with Gasteiger partial charge in [0.05, 0.1) is 25.5 Å². The molecule has 2 aromatic rings. The summed E-state index contributed by atoms with van der Waals surface area (Å²) in [5, 5.41) is 6.60. The highest BCUT2D eigenvalue weighted by atomic mass is 32.1. The highest BCUT2D eigenvalue weighted by Gasteiger charge is 2.17. The summed E-state index contributed by atoms with van der Waals surface area (Å²) in [7, 11) is 3.81. The van der Waals surface area contributed by atoms with Crippen molar-refractivity contribution in [2.24, 2.45) is 0 Å². The fraction of sp³-hybridized carbons (Fsp3) is 0.471. The van der Waals surface area contributed by atoms with Crippen LogP contribution in [0.4, 0.5) is 0 Å². The van der Waals surface area contributed by atoms with E-state index < -0.39 is 0 Å². The molecule has 1 atom stereocenters. The van der Waals surface area contributed by atoms with Gasteiger partial charge in [0, 0.05) is 37.1 Å². The summed E-state index contributed by atoms with van der Waals surface area (Å²) in [5.74, 6) is 0.865.